The lowest BCUT2D eigenvalue weighted by Crippen LogP contribution is -2.07. The largest absolute Gasteiger partial charge is 0.382 e. The number of nitrogen functional groups attached to an aromatic ring is 1. The summed E-state index contributed by atoms with van der Waals surface area (Å²) in [5.41, 5.74) is 7.72. The number of aliphatic imine (C=N–C) groups is 1. The first-order valence-electron chi connectivity index (χ1n) is 4.05. The Hall–Kier alpha value is -1.38. The number of fused-ring (bicyclic) bond motifs is 1. The molecule has 1 aromatic heterocycles. The number of rotatable bonds is 0. The van der Waals surface area contributed by atoms with Crippen molar-refractivity contribution in [3.8, 4) is 0 Å². The molecule has 62 valence electrons. The minimum absolute atomic E-state index is 0.513. The van der Waals surface area contributed by atoms with E-state index < -0.39 is 0 Å². The van der Waals surface area contributed by atoms with Gasteiger partial charge in [-0.3, -0.25) is 4.99 Å². The van der Waals surface area contributed by atoms with Crippen molar-refractivity contribution in [1.29, 1.82) is 0 Å². The third kappa shape index (κ3) is 1.07. The predicted molar refractivity (Wildman–Crippen MR) is 49.7 cm³/mol. The number of hydrogen-bond donors (Lipinski definition) is 1. The SMILES string of the molecule is CC1C=Nc2c(ccnc2N)C1. The maximum Gasteiger partial charge on any atom is 0.149 e. The van der Waals surface area contributed by atoms with E-state index in [9.17, 15) is 0 Å². The lowest BCUT2D eigenvalue weighted by molar-refractivity contribution is 0.770. The Bertz CT molecular complexity index is 331. The molecule has 0 amide bonds. The Morgan fingerprint density at radius 2 is 2.42 bits per heavy atom. The van der Waals surface area contributed by atoms with Crippen LogP contribution in [0.3, 0.4) is 0 Å². The molecular formula is C9H11N3. The normalized spacial score (nSPS) is 20.6. The molecule has 0 bridgehead atoms. The van der Waals surface area contributed by atoms with Crippen LogP contribution in [0.15, 0.2) is 17.3 Å². The number of aromatic nitrogens is 1. The summed E-state index contributed by atoms with van der Waals surface area (Å²) in [6.45, 7) is 2.14. The molecule has 2 heterocycles. The fourth-order valence-electron chi connectivity index (χ4n) is 1.43. The number of nitrogens with zero attached hydrogens (tertiary/aromatic N) is 2. The van der Waals surface area contributed by atoms with E-state index >= 15 is 0 Å². The van der Waals surface area contributed by atoms with Crippen LogP contribution in [0, 0.1) is 5.92 Å². The number of nitrogens with two attached hydrogens (primary N) is 1. The summed E-state index contributed by atoms with van der Waals surface area (Å²) in [5.74, 6) is 1.05. The van der Waals surface area contributed by atoms with Crippen molar-refractivity contribution >= 4 is 17.7 Å². The summed E-state index contributed by atoms with van der Waals surface area (Å²) >= 11 is 0. The first kappa shape index (κ1) is 7.28. The van der Waals surface area contributed by atoms with Crippen LogP contribution in [-0.4, -0.2) is 11.2 Å². The molecule has 0 aliphatic carbocycles. The molecule has 2 N–H and O–H groups in total. The molecule has 0 radical (unpaired) electrons. The van der Waals surface area contributed by atoms with Crippen molar-refractivity contribution in [2.75, 3.05) is 5.73 Å². The highest BCUT2D eigenvalue weighted by molar-refractivity contribution is 5.75. The van der Waals surface area contributed by atoms with Gasteiger partial charge in [-0.25, -0.2) is 4.98 Å². The molecule has 3 nitrogen and oxygen atoms in total. The fraction of sp³-hybridized carbons (Fsp3) is 0.333. The number of hydrogen-bond acceptors (Lipinski definition) is 3. The molecule has 1 aliphatic rings. The van der Waals surface area contributed by atoms with Crippen LogP contribution < -0.4 is 5.73 Å². The van der Waals surface area contributed by atoms with E-state index in [4.69, 9.17) is 5.73 Å². The molecule has 0 fully saturated rings. The first-order chi connectivity index (χ1) is 5.77. The predicted octanol–water partition coefficient (Wildman–Crippen LogP) is 1.56. The molecule has 0 saturated heterocycles. The molecule has 1 unspecified atom stereocenters. The van der Waals surface area contributed by atoms with Crippen molar-refractivity contribution in [2.45, 2.75) is 13.3 Å². The van der Waals surface area contributed by atoms with Gasteiger partial charge in [0.1, 0.15) is 11.5 Å². The molecular weight excluding hydrogens is 150 g/mol. The summed E-state index contributed by atoms with van der Waals surface area (Å²) in [4.78, 5) is 8.24. The summed E-state index contributed by atoms with van der Waals surface area (Å²) in [6, 6.07) is 1.98. The summed E-state index contributed by atoms with van der Waals surface area (Å²) < 4.78 is 0. The number of anilines is 1. The second-order valence-electron chi connectivity index (χ2n) is 3.16. The second kappa shape index (κ2) is 2.59. The molecule has 0 aromatic carbocycles. The van der Waals surface area contributed by atoms with E-state index in [1.54, 1.807) is 6.20 Å². The monoisotopic (exact) mass is 161 g/mol. The summed E-state index contributed by atoms with van der Waals surface area (Å²) in [5, 5.41) is 0. The van der Waals surface area contributed by atoms with Gasteiger partial charge in [0, 0.05) is 12.4 Å². The number of pyridine rings is 1. The standard InChI is InChI=1S/C9H11N3/c1-6-4-7-2-3-11-9(10)8(7)12-5-6/h2-3,5-6H,4H2,1H3,(H2,10,11). The zero-order valence-corrected chi connectivity index (χ0v) is 6.99. The summed E-state index contributed by atoms with van der Waals surface area (Å²) in [6.07, 6.45) is 4.69. The van der Waals surface area contributed by atoms with Gasteiger partial charge in [0.05, 0.1) is 0 Å². The average molecular weight is 161 g/mol. The fourth-order valence-corrected chi connectivity index (χ4v) is 1.43. The van der Waals surface area contributed by atoms with Crippen molar-refractivity contribution < 1.29 is 0 Å². The van der Waals surface area contributed by atoms with Crippen molar-refractivity contribution in [3.63, 3.8) is 0 Å². The van der Waals surface area contributed by atoms with Crippen LogP contribution in [0.4, 0.5) is 11.5 Å². The third-order valence-corrected chi connectivity index (χ3v) is 2.04. The van der Waals surface area contributed by atoms with Crippen LogP contribution >= 0.6 is 0 Å². The van der Waals surface area contributed by atoms with Crippen molar-refractivity contribution in [1.82, 2.24) is 4.98 Å². The van der Waals surface area contributed by atoms with Gasteiger partial charge in [0.2, 0.25) is 0 Å². The highest BCUT2D eigenvalue weighted by atomic mass is 14.9. The summed E-state index contributed by atoms with van der Waals surface area (Å²) in [7, 11) is 0. The van der Waals surface area contributed by atoms with Crippen LogP contribution in [0.1, 0.15) is 12.5 Å². The van der Waals surface area contributed by atoms with Gasteiger partial charge in [-0.2, -0.15) is 0 Å². The van der Waals surface area contributed by atoms with Gasteiger partial charge < -0.3 is 5.73 Å². The smallest absolute Gasteiger partial charge is 0.149 e. The van der Waals surface area contributed by atoms with Crippen LogP contribution in [0.2, 0.25) is 0 Å². The van der Waals surface area contributed by atoms with E-state index in [-0.39, 0.29) is 0 Å². The maximum atomic E-state index is 5.66. The van der Waals surface area contributed by atoms with Crippen molar-refractivity contribution in [2.24, 2.45) is 10.9 Å². The molecule has 3 heteroatoms. The van der Waals surface area contributed by atoms with Gasteiger partial charge >= 0.3 is 0 Å². The first-order valence-corrected chi connectivity index (χ1v) is 4.05. The second-order valence-corrected chi connectivity index (χ2v) is 3.16. The molecule has 1 aromatic rings. The highest BCUT2D eigenvalue weighted by Gasteiger charge is 2.13. The zero-order valence-electron chi connectivity index (χ0n) is 6.99. The van der Waals surface area contributed by atoms with Crippen LogP contribution in [0.25, 0.3) is 0 Å². The quantitative estimate of drug-likeness (QED) is 0.627. The van der Waals surface area contributed by atoms with E-state index in [1.165, 1.54) is 5.56 Å². The Labute approximate surface area is 71.3 Å². The zero-order chi connectivity index (χ0) is 8.55. The van der Waals surface area contributed by atoms with Gasteiger partial charge in [-0.05, 0) is 24.0 Å². The molecule has 12 heavy (non-hydrogen) atoms. The van der Waals surface area contributed by atoms with E-state index in [0.717, 1.165) is 12.1 Å². The highest BCUT2D eigenvalue weighted by Crippen LogP contribution is 2.29. The molecule has 0 saturated carbocycles. The Morgan fingerprint density at radius 3 is 3.25 bits per heavy atom. The lowest BCUT2D eigenvalue weighted by atomic mass is 9.99. The minimum atomic E-state index is 0.513. The maximum absolute atomic E-state index is 5.66. The Morgan fingerprint density at radius 1 is 1.58 bits per heavy atom. The molecule has 2 rings (SSSR count). The van der Waals surface area contributed by atoms with Gasteiger partial charge in [-0.15, -0.1) is 0 Å². The van der Waals surface area contributed by atoms with Crippen LogP contribution in [-0.2, 0) is 6.42 Å². The molecule has 1 aliphatic heterocycles. The third-order valence-electron chi connectivity index (χ3n) is 2.04. The van der Waals surface area contributed by atoms with Gasteiger partial charge in [0.25, 0.3) is 0 Å². The van der Waals surface area contributed by atoms with E-state index in [0.29, 0.717) is 11.7 Å². The average Bonchev–Trinajstić information content (AvgIpc) is 2.04. The lowest BCUT2D eigenvalue weighted by Gasteiger charge is -2.14. The van der Waals surface area contributed by atoms with Gasteiger partial charge in [0.15, 0.2) is 0 Å². The minimum Gasteiger partial charge on any atom is -0.382 e. The van der Waals surface area contributed by atoms with E-state index in [2.05, 4.69) is 16.9 Å². The van der Waals surface area contributed by atoms with E-state index in [1.807, 2.05) is 12.3 Å². The molecule has 1 atom stereocenters. The Balaban J connectivity index is 2.53. The van der Waals surface area contributed by atoms with Crippen LogP contribution in [0.5, 0.6) is 0 Å². The molecule has 0 spiro atoms. The van der Waals surface area contributed by atoms with Gasteiger partial charge in [-0.1, -0.05) is 6.92 Å². The topological polar surface area (TPSA) is 51.3 Å². The van der Waals surface area contributed by atoms with Crippen molar-refractivity contribution in [3.05, 3.63) is 17.8 Å². The Kier molecular flexibility index (Phi) is 1.57.